The molecule has 0 aliphatic carbocycles. The van der Waals surface area contributed by atoms with Crippen molar-refractivity contribution in [2.24, 2.45) is 0 Å². The first kappa shape index (κ1) is 14.6. The van der Waals surface area contributed by atoms with E-state index in [0.29, 0.717) is 11.6 Å². The van der Waals surface area contributed by atoms with Crippen molar-refractivity contribution in [2.45, 2.75) is 6.54 Å². The van der Waals surface area contributed by atoms with Crippen molar-refractivity contribution in [1.82, 2.24) is 29.4 Å². The SMILES string of the molecule is c1ccc(Cn2ncc3ccc(Nc4nc5cnccn5n4)cc32)cc1. The summed E-state index contributed by atoms with van der Waals surface area (Å²) in [6.45, 7) is 0.728. The van der Waals surface area contributed by atoms with Gasteiger partial charge in [0, 0.05) is 23.5 Å². The van der Waals surface area contributed by atoms with E-state index in [2.05, 4.69) is 43.7 Å². The van der Waals surface area contributed by atoms with E-state index in [1.54, 1.807) is 23.1 Å². The summed E-state index contributed by atoms with van der Waals surface area (Å²) in [6, 6.07) is 16.4. The lowest BCUT2D eigenvalue weighted by Crippen LogP contribution is -2.01. The Morgan fingerprint density at radius 2 is 1.92 bits per heavy atom. The lowest BCUT2D eigenvalue weighted by molar-refractivity contribution is 0.712. The Hall–Kier alpha value is -3.74. The van der Waals surface area contributed by atoms with Crippen LogP contribution in [0, 0.1) is 0 Å². The second-order valence-electron chi connectivity index (χ2n) is 6.00. The second kappa shape index (κ2) is 5.96. The first-order valence-corrected chi connectivity index (χ1v) is 8.28. The maximum absolute atomic E-state index is 4.52. The predicted molar refractivity (Wildman–Crippen MR) is 99.3 cm³/mol. The van der Waals surface area contributed by atoms with Crippen molar-refractivity contribution in [3.63, 3.8) is 0 Å². The van der Waals surface area contributed by atoms with Gasteiger partial charge >= 0.3 is 0 Å². The third-order valence-corrected chi connectivity index (χ3v) is 4.22. The lowest BCUT2D eigenvalue weighted by Gasteiger charge is -2.06. The van der Waals surface area contributed by atoms with Crippen molar-refractivity contribution in [2.75, 3.05) is 5.32 Å². The number of hydrogen-bond acceptors (Lipinski definition) is 5. The maximum atomic E-state index is 4.52. The van der Waals surface area contributed by atoms with E-state index >= 15 is 0 Å². The summed E-state index contributed by atoms with van der Waals surface area (Å²) in [5, 5.41) is 13.3. The number of anilines is 2. The normalized spacial score (nSPS) is 11.2. The number of hydrogen-bond donors (Lipinski definition) is 1. The molecule has 0 unspecified atom stereocenters. The molecule has 1 N–H and O–H groups in total. The zero-order chi connectivity index (χ0) is 17.3. The predicted octanol–water partition coefficient (Wildman–Crippen LogP) is 3.27. The number of fused-ring (bicyclic) bond motifs is 2. The molecule has 0 radical (unpaired) electrons. The van der Waals surface area contributed by atoms with Gasteiger partial charge in [-0.15, -0.1) is 5.10 Å². The molecule has 0 bridgehead atoms. The zero-order valence-corrected chi connectivity index (χ0v) is 13.8. The summed E-state index contributed by atoms with van der Waals surface area (Å²) in [5.41, 5.74) is 3.89. The number of benzene rings is 2. The smallest absolute Gasteiger partial charge is 0.247 e. The molecule has 26 heavy (non-hydrogen) atoms. The molecule has 0 aliphatic heterocycles. The van der Waals surface area contributed by atoms with E-state index in [1.807, 2.05) is 41.2 Å². The summed E-state index contributed by atoms with van der Waals surface area (Å²) in [6.07, 6.45) is 7.01. The van der Waals surface area contributed by atoms with Gasteiger partial charge in [0.15, 0.2) is 5.65 Å². The van der Waals surface area contributed by atoms with Gasteiger partial charge in [-0.05, 0) is 23.8 Å². The van der Waals surface area contributed by atoms with Crippen molar-refractivity contribution in [1.29, 1.82) is 0 Å². The third-order valence-electron chi connectivity index (χ3n) is 4.22. The molecule has 5 aromatic rings. The first-order valence-electron chi connectivity index (χ1n) is 8.28. The molecule has 0 saturated heterocycles. The molecular weight excluding hydrogens is 326 g/mol. The lowest BCUT2D eigenvalue weighted by atomic mass is 10.2. The van der Waals surface area contributed by atoms with E-state index in [1.165, 1.54) is 5.56 Å². The Labute approximate surface area is 148 Å². The standard InChI is InChI=1S/C19H15N7/c1-2-4-14(5-3-1)13-26-17-10-16(7-6-15(17)11-21-26)22-19-23-18-12-20-8-9-25(18)24-19/h1-12H,13H2,(H,22,24). The molecule has 7 nitrogen and oxygen atoms in total. The van der Waals surface area contributed by atoms with Crippen molar-refractivity contribution < 1.29 is 0 Å². The topological polar surface area (TPSA) is 72.9 Å². The van der Waals surface area contributed by atoms with Crippen LogP contribution < -0.4 is 5.32 Å². The second-order valence-corrected chi connectivity index (χ2v) is 6.00. The molecule has 7 heteroatoms. The van der Waals surface area contributed by atoms with E-state index in [9.17, 15) is 0 Å². The van der Waals surface area contributed by atoms with E-state index in [-0.39, 0.29) is 0 Å². The third kappa shape index (κ3) is 2.65. The highest BCUT2D eigenvalue weighted by Crippen LogP contribution is 2.22. The Morgan fingerprint density at radius 3 is 2.81 bits per heavy atom. The summed E-state index contributed by atoms with van der Waals surface area (Å²) in [5.74, 6) is 0.534. The quantitative estimate of drug-likeness (QED) is 0.543. The van der Waals surface area contributed by atoms with Gasteiger partial charge in [0.2, 0.25) is 5.95 Å². The average molecular weight is 341 g/mol. The van der Waals surface area contributed by atoms with Gasteiger partial charge in [-0.2, -0.15) is 10.1 Å². The number of nitrogens with zero attached hydrogens (tertiary/aromatic N) is 6. The van der Waals surface area contributed by atoms with Crippen LogP contribution in [0.2, 0.25) is 0 Å². The Morgan fingerprint density at radius 1 is 1.00 bits per heavy atom. The summed E-state index contributed by atoms with van der Waals surface area (Å²) in [4.78, 5) is 8.48. The fraction of sp³-hybridized carbons (Fsp3) is 0.0526. The summed E-state index contributed by atoms with van der Waals surface area (Å²) < 4.78 is 3.68. The Balaban J connectivity index is 1.47. The summed E-state index contributed by atoms with van der Waals surface area (Å²) >= 11 is 0. The van der Waals surface area contributed by atoms with E-state index in [0.717, 1.165) is 23.1 Å². The van der Waals surface area contributed by atoms with Gasteiger partial charge < -0.3 is 5.32 Å². The monoisotopic (exact) mass is 341 g/mol. The van der Waals surface area contributed by atoms with E-state index in [4.69, 9.17) is 0 Å². The van der Waals surface area contributed by atoms with Crippen LogP contribution in [0.15, 0.2) is 73.3 Å². The molecule has 0 aliphatic rings. The van der Waals surface area contributed by atoms with Gasteiger partial charge in [0.25, 0.3) is 0 Å². The van der Waals surface area contributed by atoms with Gasteiger partial charge in [0.1, 0.15) is 0 Å². The van der Waals surface area contributed by atoms with Crippen molar-refractivity contribution >= 4 is 28.2 Å². The van der Waals surface area contributed by atoms with Crippen LogP contribution in [0.3, 0.4) is 0 Å². The number of rotatable bonds is 4. The minimum absolute atomic E-state index is 0.534. The largest absolute Gasteiger partial charge is 0.323 e. The van der Waals surface area contributed by atoms with Crippen LogP contribution in [0.4, 0.5) is 11.6 Å². The van der Waals surface area contributed by atoms with Crippen molar-refractivity contribution in [3.8, 4) is 0 Å². The minimum Gasteiger partial charge on any atom is -0.323 e. The fourth-order valence-electron chi connectivity index (χ4n) is 2.96. The molecule has 3 heterocycles. The van der Waals surface area contributed by atoms with Crippen LogP contribution in [0.25, 0.3) is 16.6 Å². The molecule has 126 valence electrons. The van der Waals surface area contributed by atoms with E-state index < -0.39 is 0 Å². The van der Waals surface area contributed by atoms with Crippen molar-refractivity contribution in [3.05, 3.63) is 78.9 Å². The molecule has 5 rings (SSSR count). The minimum atomic E-state index is 0.534. The average Bonchev–Trinajstić information content (AvgIpc) is 3.26. The van der Waals surface area contributed by atoms with Gasteiger partial charge in [-0.1, -0.05) is 30.3 Å². The highest BCUT2D eigenvalue weighted by Gasteiger charge is 2.07. The van der Waals surface area contributed by atoms with Gasteiger partial charge in [-0.3, -0.25) is 9.67 Å². The highest BCUT2D eigenvalue weighted by molar-refractivity contribution is 5.83. The van der Waals surface area contributed by atoms with Crippen LogP contribution in [-0.2, 0) is 6.54 Å². The first-order chi connectivity index (χ1) is 12.8. The van der Waals surface area contributed by atoms with Gasteiger partial charge in [-0.25, -0.2) is 4.52 Å². The highest BCUT2D eigenvalue weighted by atomic mass is 15.3. The zero-order valence-electron chi connectivity index (χ0n) is 13.8. The molecule has 0 fully saturated rings. The Kier molecular flexibility index (Phi) is 3.35. The fourth-order valence-corrected chi connectivity index (χ4v) is 2.96. The molecule has 0 spiro atoms. The molecule has 3 aromatic heterocycles. The molecule has 0 saturated carbocycles. The maximum Gasteiger partial charge on any atom is 0.247 e. The molecule has 0 atom stereocenters. The van der Waals surface area contributed by atoms with Crippen LogP contribution in [0.5, 0.6) is 0 Å². The molecule has 0 amide bonds. The molecule has 2 aromatic carbocycles. The Bertz CT molecular complexity index is 1160. The van der Waals surface area contributed by atoms with Crippen LogP contribution in [0.1, 0.15) is 5.56 Å². The van der Waals surface area contributed by atoms with Gasteiger partial charge in [0.05, 0.1) is 24.5 Å². The number of aromatic nitrogens is 6. The summed E-state index contributed by atoms with van der Waals surface area (Å²) in [7, 11) is 0. The molecular formula is C19H15N7. The van der Waals surface area contributed by atoms with Crippen LogP contribution >= 0.6 is 0 Å². The number of nitrogens with one attached hydrogen (secondary N) is 1. The van der Waals surface area contributed by atoms with Crippen LogP contribution in [-0.4, -0.2) is 29.4 Å².